The predicted molar refractivity (Wildman–Crippen MR) is 62.7 cm³/mol. The molecule has 0 bridgehead atoms. The summed E-state index contributed by atoms with van der Waals surface area (Å²) in [6, 6.07) is 2.13. The number of rotatable bonds is 1. The highest BCUT2D eigenvalue weighted by atomic mass is 79.9. The van der Waals surface area contributed by atoms with Gasteiger partial charge >= 0.3 is 0 Å². The standard InChI is InChI=1S/C10H9BrN2OS/c1-5-12-3-8(13-5)7-4-14-10-6(7)2-9(11)15-10/h2-3,7H,4H2,1H3,(H,12,13). The van der Waals surface area contributed by atoms with Crippen LogP contribution in [0, 0.1) is 6.92 Å². The van der Waals surface area contributed by atoms with Crippen LogP contribution in [0.25, 0.3) is 0 Å². The number of hydrogen-bond donors (Lipinski definition) is 1. The van der Waals surface area contributed by atoms with E-state index in [4.69, 9.17) is 4.74 Å². The van der Waals surface area contributed by atoms with Crippen LogP contribution in [0.4, 0.5) is 0 Å². The van der Waals surface area contributed by atoms with Gasteiger partial charge in [0.1, 0.15) is 12.4 Å². The fourth-order valence-corrected chi connectivity index (χ4v) is 3.33. The van der Waals surface area contributed by atoms with Crippen molar-refractivity contribution in [1.29, 1.82) is 0 Å². The van der Waals surface area contributed by atoms with Crippen LogP contribution in [0.15, 0.2) is 16.0 Å². The van der Waals surface area contributed by atoms with E-state index in [0.29, 0.717) is 5.92 Å². The largest absolute Gasteiger partial charge is 0.483 e. The van der Waals surface area contributed by atoms with Gasteiger partial charge in [-0.2, -0.15) is 0 Å². The average Bonchev–Trinajstić information content (AvgIpc) is 2.80. The summed E-state index contributed by atoms with van der Waals surface area (Å²) in [5, 5.41) is 1.03. The molecule has 3 rings (SSSR count). The average molecular weight is 285 g/mol. The molecule has 0 amide bonds. The maximum Gasteiger partial charge on any atom is 0.178 e. The first-order valence-corrected chi connectivity index (χ1v) is 6.28. The minimum absolute atomic E-state index is 0.309. The molecule has 0 spiro atoms. The Kier molecular flexibility index (Phi) is 2.10. The molecule has 3 nitrogen and oxygen atoms in total. The Morgan fingerprint density at radius 3 is 3.27 bits per heavy atom. The van der Waals surface area contributed by atoms with E-state index in [1.54, 1.807) is 11.3 Å². The van der Waals surface area contributed by atoms with Crippen molar-refractivity contribution in [3.63, 3.8) is 0 Å². The highest BCUT2D eigenvalue weighted by Gasteiger charge is 2.29. The molecule has 0 saturated heterocycles. The monoisotopic (exact) mass is 284 g/mol. The van der Waals surface area contributed by atoms with E-state index in [1.807, 2.05) is 13.1 Å². The number of aromatic amines is 1. The lowest BCUT2D eigenvalue weighted by Crippen LogP contribution is -2.03. The normalized spacial score (nSPS) is 18.9. The maximum atomic E-state index is 5.64. The van der Waals surface area contributed by atoms with Crippen molar-refractivity contribution in [2.24, 2.45) is 0 Å². The zero-order valence-electron chi connectivity index (χ0n) is 8.08. The van der Waals surface area contributed by atoms with E-state index in [9.17, 15) is 0 Å². The van der Waals surface area contributed by atoms with E-state index in [1.165, 1.54) is 5.56 Å². The molecule has 2 aromatic rings. The molecule has 2 aromatic heterocycles. The highest BCUT2D eigenvalue weighted by Crippen LogP contribution is 2.45. The molecular formula is C10H9BrN2OS. The molecule has 1 N–H and O–H groups in total. The van der Waals surface area contributed by atoms with Crippen molar-refractivity contribution in [2.45, 2.75) is 12.8 Å². The zero-order valence-corrected chi connectivity index (χ0v) is 10.5. The molecule has 1 atom stereocenters. The minimum Gasteiger partial charge on any atom is -0.483 e. The molecule has 1 unspecified atom stereocenters. The third kappa shape index (κ3) is 1.50. The second kappa shape index (κ2) is 3.35. The van der Waals surface area contributed by atoms with Gasteiger partial charge in [-0.3, -0.25) is 0 Å². The number of halogens is 1. The Bertz CT molecular complexity index is 505. The molecular weight excluding hydrogens is 276 g/mol. The van der Waals surface area contributed by atoms with Crippen LogP contribution in [-0.2, 0) is 0 Å². The van der Waals surface area contributed by atoms with Crippen LogP contribution in [0.2, 0.25) is 0 Å². The molecule has 1 aliphatic rings. The van der Waals surface area contributed by atoms with Gasteiger partial charge < -0.3 is 9.72 Å². The second-order valence-corrected chi connectivity index (χ2v) is 5.97. The summed E-state index contributed by atoms with van der Waals surface area (Å²) in [5.41, 5.74) is 2.40. The molecule has 0 saturated carbocycles. The summed E-state index contributed by atoms with van der Waals surface area (Å²) < 4.78 is 6.76. The molecule has 5 heteroatoms. The Balaban J connectivity index is 2.02. The number of thiophene rings is 1. The third-order valence-electron chi connectivity index (χ3n) is 2.55. The van der Waals surface area contributed by atoms with E-state index >= 15 is 0 Å². The first-order valence-electron chi connectivity index (χ1n) is 4.67. The number of ether oxygens (including phenoxy) is 1. The number of hydrogen-bond acceptors (Lipinski definition) is 3. The van der Waals surface area contributed by atoms with Crippen LogP contribution >= 0.6 is 27.3 Å². The van der Waals surface area contributed by atoms with Crippen LogP contribution in [0.5, 0.6) is 5.06 Å². The SMILES string of the molecule is Cc1ncc(C2COc3sc(Br)cc32)[nH]1. The van der Waals surface area contributed by atoms with Crippen LogP contribution < -0.4 is 4.74 Å². The number of H-pyrrole nitrogens is 1. The molecule has 0 radical (unpaired) electrons. The number of fused-ring (bicyclic) bond motifs is 1. The van der Waals surface area contributed by atoms with Crippen molar-refractivity contribution < 1.29 is 4.74 Å². The van der Waals surface area contributed by atoms with Gasteiger partial charge in [0.25, 0.3) is 0 Å². The summed E-state index contributed by atoms with van der Waals surface area (Å²) in [4.78, 5) is 7.49. The Labute approximate surface area is 99.6 Å². The molecule has 78 valence electrons. The minimum atomic E-state index is 0.309. The smallest absolute Gasteiger partial charge is 0.178 e. The highest BCUT2D eigenvalue weighted by molar-refractivity contribution is 9.11. The van der Waals surface area contributed by atoms with E-state index in [2.05, 4.69) is 32.0 Å². The zero-order chi connectivity index (χ0) is 10.4. The summed E-state index contributed by atoms with van der Waals surface area (Å²) in [7, 11) is 0. The van der Waals surface area contributed by atoms with Crippen molar-refractivity contribution >= 4 is 27.3 Å². The van der Waals surface area contributed by atoms with Gasteiger partial charge in [0.15, 0.2) is 5.06 Å². The number of aromatic nitrogens is 2. The van der Waals surface area contributed by atoms with Crippen molar-refractivity contribution in [3.8, 4) is 5.06 Å². The lowest BCUT2D eigenvalue weighted by molar-refractivity contribution is 0.349. The van der Waals surface area contributed by atoms with Crippen molar-refractivity contribution in [1.82, 2.24) is 9.97 Å². The lowest BCUT2D eigenvalue weighted by atomic mass is 10.0. The van der Waals surface area contributed by atoms with Gasteiger partial charge in [0.2, 0.25) is 0 Å². The van der Waals surface area contributed by atoms with Crippen molar-refractivity contribution in [2.75, 3.05) is 6.61 Å². The fourth-order valence-electron chi connectivity index (χ4n) is 1.84. The third-order valence-corrected chi connectivity index (χ3v) is 4.12. The van der Waals surface area contributed by atoms with Gasteiger partial charge in [0.05, 0.1) is 9.70 Å². The summed E-state index contributed by atoms with van der Waals surface area (Å²) in [6.07, 6.45) is 1.89. The molecule has 15 heavy (non-hydrogen) atoms. The number of nitrogens with one attached hydrogen (secondary N) is 1. The molecule has 0 aromatic carbocycles. The topological polar surface area (TPSA) is 37.9 Å². The van der Waals surface area contributed by atoms with Crippen LogP contribution in [0.3, 0.4) is 0 Å². The summed E-state index contributed by atoms with van der Waals surface area (Å²) >= 11 is 5.12. The molecule has 3 heterocycles. The molecule has 0 fully saturated rings. The molecule has 1 aliphatic heterocycles. The van der Waals surface area contributed by atoms with E-state index < -0.39 is 0 Å². The Hall–Kier alpha value is -0.810. The van der Waals surface area contributed by atoms with E-state index in [-0.39, 0.29) is 0 Å². The van der Waals surface area contributed by atoms with Crippen LogP contribution in [0.1, 0.15) is 23.0 Å². The Morgan fingerprint density at radius 2 is 2.53 bits per heavy atom. The number of nitrogens with zero attached hydrogens (tertiary/aromatic N) is 1. The lowest BCUT2D eigenvalue weighted by Gasteiger charge is -2.03. The van der Waals surface area contributed by atoms with Gasteiger partial charge in [0, 0.05) is 17.5 Å². The molecule has 0 aliphatic carbocycles. The quantitative estimate of drug-likeness (QED) is 0.874. The van der Waals surface area contributed by atoms with Crippen molar-refractivity contribution in [3.05, 3.63) is 33.1 Å². The summed E-state index contributed by atoms with van der Waals surface area (Å²) in [6.45, 7) is 2.68. The van der Waals surface area contributed by atoms with Gasteiger partial charge in [-0.15, -0.1) is 0 Å². The fraction of sp³-hybridized carbons (Fsp3) is 0.300. The number of imidazole rings is 1. The maximum absolute atomic E-state index is 5.64. The summed E-state index contributed by atoms with van der Waals surface area (Å²) in [5.74, 6) is 1.26. The van der Waals surface area contributed by atoms with E-state index in [0.717, 1.165) is 27.0 Å². The van der Waals surface area contributed by atoms with Gasteiger partial charge in [-0.05, 0) is 28.9 Å². The van der Waals surface area contributed by atoms with Crippen LogP contribution in [-0.4, -0.2) is 16.6 Å². The van der Waals surface area contributed by atoms with Gasteiger partial charge in [-0.1, -0.05) is 11.3 Å². The predicted octanol–water partition coefficient (Wildman–Crippen LogP) is 3.07. The second-order valence-electron chi connectivity index (χ2n) is 3.58. The first kappa shape index (κ1) is 9.42. The first-order chi connectivity index (χ1) is 7.24. The Morgan fingerprint density at radius 1 is 1.67 bits per heavy atom. The number of aryl methyl sites for hydroxylation is 1. The van der Waals surface area contributed by atoms with Gasteiger partial charge in [-0.25, -0.2) is 4.98 Å².